The number of nitrogens with one attached hydrogen (secondary N) is 1. The van der Waals surface area contributed by atoms with Crippen LogP contribution < -0.4 is 11.1 Å². The van der Waals surface area contributed by atoms with E-state index in [2.05, 4.69) is 11.9 Å². The van der Waals surface area contributed by atoms with Crippen LogP contribution in [0.4, 0.5) is 0 Å². The summed E-state index contributed by atoms with van der Waals surface area (Å²) < 4.78 is 0. The molecule has 3 nitrogen and oxygen atoms in total. The average molecular weight is 224 g/mol. The Labute approximate surface area is 94.0 Å². The van der Waals surface area contributed by atoms with Gasteiger partial charge >= 0.3 is 0 Å². The molecule has 0 aromatic carbocycles. The molecule has 0 saturated carbocycles. The highest BCUT2D eigenvalue weighted by Gasteiger charge is 2.17. The quantitative estimate of drug-likeness (QED) is 0.750. The van der Waals surface area contributed by atoms with Crippen LogP contribution in [0.1, 0.15) is 24.3 Å². The number of thiophene rings is 1. The Bertz CT molecular complexity index is 321. The molecule has 0 saturated heterocycles. The van der Waals surface area contributed by atoms with Crippen LogP contribution in [0.5, 0.6) is 0 Å². The van der Waals surface area contributed by atoms with Crippen molar-refractivity contribution in [2.24, 2.45) is 5.73 Å². The van der Waals surface area contributed by atoms with Gasteiger partial charge in [0.25, 0.3) is 0 Å². The fourth-order valence-electron chi connectivity index (χ4n) is 1.24. The van der Waals surface area contributed by atoms with Gasteiger partial charge in [-0.25, -0.2) is 0 Å². The van der Waals surface area contributed by atoms with E-state index in [9.17, 15) is 4.79 Å². The number of rotatable bonds is 5. The average Bonchev–Trinajstić information content (AvgIpc) is 2.69. The molecule has 1 heterocycles. The van der Waals surface area contributed by atoms with Gasteiger partial charge in [0.1, 0.15) is 6.04 Å². The first-order valence-corrected chi connectivity index (χ1v) is 5.73. The van der Waals surface area contributed by atoms with Crippen LogP contribution in [-0.4, -0.2) is 11.9 Å². The normalized spacial score (nSPS) is 14.3. The molecule has 0 aliphatic heterocycles. The van der Waals surface area contributed by atoms with Gasteiger partial charge in [0.15, 0.2) is 0 Å². The minimum absolute atomic E-state index is 0.0843. The molecule has 3 N–H and O–H groups in total. The van der Waals surface area contributed by atoms with Crippen molar-refractivity contribution in [3.63, 3.8) is 0 Å². The number of amides is 1. The Kier molecular flexibility index (Phi) is 4.52. The molecule has 2 unspecified atom stereocenters. The standard InChI is InChI=1S/C11H16N2OS/c1-3-5-8(2)13-11(14)10(12)9-6-4-7-15-9/h3-4,6-8,10H,1,5,12H2,2H3,(H,13,14). The molecule has 15 heavy (non-hydrogen) atoms. The second-order valence-corrected chi connectivity index (χ2v) is 4.41. The summed E-state index contributed by atoms with van der Waals surface area (Å²) in [7, 11) is 0. The van der Waals surface area contributed by atoms with Crippen molar-refractivity contribution >= 4 is 17.2 Å². The molecule has 82 valence electrons. The monoisotopic (exact) mass is 224 g/mol. The number of carbonyl (C=O) groups is 1. The van der Waals surface area contributed by atoms with Crippen LogP contribution in [0.25, 0.3) is 0 Å². The lowest BCUT2D eigenvalue weighted by Crippen LogP contribution is -2.38. The highest BCUT2D eigenvalue weighted by Crippen LogP contribution is 2.16. The summed E-state index contributed by atoms with van der Waals surface area (Å²) in [5, 5.41) is 4.75. The van der Waals surface area contributed by atoms with E-state index in [1.54, 1.807) is 6.08 Å². The van der Waals surface area contributed by atoms with Crippen LogP contribution in [0.3, 0.4) is 0 Å². The van der Waals surface area contributed by atoms with E-state index in [4.69, 9.17) is 5.73 Å². The van der Waals surface area contributed by atoms with Crippen molar-refractivity contribution in [2.75, 3.05) is 0 Å². The third kappa shape index (κ3) is 3.49. The van der Waals surface area contributed by atoms with E-state index in [1.165, 1.54) is 11.3 Å². The maximum Gasteiger partial charge on any atom is 0.242 e. The van der Waals surface area contributed by atoms with Gasteiger partial charge < -0.3 is 11.1 Å². The zero-order valence-electron chi connectivity index (χ0n) is 8.77. The molecule has 0 aliphatic rings. The van der Waals surface area contributed by atoms with Gasteiger partial charge in [-0.15, -0.1) is 17.9 Å². The molecule has 1 amide bonds. The molecule has 0 radical (unpaired) electrons. The molecule has 0 bridgehead atoms. The van der Waals surface area contributed by atoms with Gasteiger partial charge in [-0.2, -0.15) is 0 Å². The maximum atomic E-state index is 11.7. The van der Waals surface area contributed by atoms with Crippen LogP contribution in [0.15, 0.2) is 30.2 Å². The van der Waals surface area contributed by atoms with E-state index in [-0.39, 0.29) is 11.9 Å². The molecular weight excluding hydrogens is 208 g/mol. The number of hydrogen-bond donors (Lipinski definition) is 2. The first-order valence-electron chi connectivity index (χ1n) is 4.85. The van der Waals surface area contributed by atoms with Gasteiger partial charge in [0.05, 0.1) is 0 Å². The summed E-state index contributed by atoms with van der Waals surface area (Å²) in [6, 6.07) is 3.28. The maximum absolute atomic E-state index is 11.7. The van der Waals surface area contributed by atoms with Gasteiger partial charge in [-0.05, 0) is 24.8 Å². The summed E-state index contributed by atoms with van der Waals surface area (Å²) >= 11 is 1.49. The lowest BCUT2D eigenvalue weighted by molar-refractivity contribution is -0.123. The molecule has 2 atom stereocenters. The van der Waals surface area contributed by atoms with Gasteiger partial charge in [0, 0.05) is 10.9 Å². The number of carbonyl (C=O) groups excluding carboxylic acids is 1. The fourth-order valence-corrected chi connectivity index (χ4v) is 1.96. The van der Waals surface area contributed by atoms with Crippen molar-refractivity contribution in [1.82, 2.24) is 5.32 Å². The number of nitrogens with two attached hydrogens (primary N) is 1. The van der Waals surface area contributed by atoms with Gasteiger partial charge in [-0.1, -0.05) is 12.1 Å². The predicted molar refractivity (Wildman–Crippen MR) is 63.7 cm³/mol. The SMILES string of the molecule is C=CCC(C)NC(=O)C(N)c1cccs1. The lowest BCUT2D eigenvalue weighted by Gasteiger charge is -2.15. The molecule has 0 spiro atoms. The predicted octanol–water partition coefficient (Wildman–Crippen LogP) is 1.83. The third-order valence-corrected chi connectivity index (χ3v) is 3.00. The second-order valence-electron chi connectivity index (χ2n) is 3.43. The van der Waals surface area contributed by atoms with E-state index < -0.39 is 6.04 Å². The zero-order valence-corrected chi connectivity index (χ0v) is 9.59. The molecule has 0 aliphatic carbocycles. The largest absolute Gasteiger partial charge is 0.352 e. The fraction of sp³-hybridized carbons (Fsp3) is 0.364. The Morgan fingerprint density at radius 3 is 3.07 bits per heavy atom. The van der Waals surface area contributed by atoms with Crippen molar-refractivity contribution in [3.8, 4) is 0 Å². The first-order chi connectivity index (χ1) is 7.15. The Morgan fingerprint density at radius 2 is 2.53 bits per heavy atom. The Hall–Kier alpha value is -1.13. The summed E-state index contributed by atoms with van der Waals surface area (Å²) in [6.45, 7) is 5.55. The Morgan fingerprint density at radius 1 is 1.80 bits per heavy atom. The smallest absolute Gasteiger partial charge is 0.242 e. The van der Waals surface area contributed by atoms with Gasteiger partial charge in [-0.3, -0.25) is 4.79 Å². The molecule has 4 heteroatoms. The minimum atomic E-state index is -0.558. The minimum Gasteiger partial charge on any atom is -0.352 e. The van der Waals surface area contributed by atoms with E-state index >= 15 is 0 Å². The second kappa shape index (κ2) is 5.68. The summed E-state index contributed by atoms with van der Waals surface area (Å²) in [6.07, 6.45) is 2.53. The van der Waals surface area contributed by atoms with Crippen LogP contribution in [0, 0.1) is 0 Å². The van der Waals surface area contributed by atoms with Crippen molar-refractivity contribution in [2.45, 2.75) is 25.4 Å². The summed E-state index contributed by atoms with van der Waals surface area (Å²) in [5.74, 6) is -0.133. The van der Waals surface area contributed by atoms with Crippen molar-refractivity contribution in [1.29, 1.82) is 0 Å². The van der Waals surface area contributed by atoms with E-state index in [0.29, 0.717) is 0 Å². The summed E-state index contributed by atoms with van der Waals surface area (Å²) in [4.78, 5) is 12.6. The first kappa shape index (κ1) is 11.9. The van der Waals surface area contributed by atoms with E-state index in [1.807, 2.05) is 24.4 Å². The molecule has 1 aromatic heterocycles. The molecule has 1 rings (SSSR count). The van der Waals surface area contributed by atoms with Crippen molar-refractivity contribution in [3.05, 3.63) is 35.0 Å². The van der Waals surface area contributed by atoms with Crippen molar-refractivity contribution < 1.29 is 4.79 Å². The van der Waals surface area contributed by atoms with Crippen LogP contribution in [0.2, 0.25) is 0 Å². The van der Waals surface area contributed by atoms with Gasteiger partial charge in [0.2, 0.25) is 5.91 Å². The highest BCUT2D eigenvalue weighted by atomic mass is 32.1. The number of hydrogen-bond acceptors (Lipinski definition) is 3. The Balaban J connectivity index is 2.50. The topological polar surface area (TPSA) is 55.1 Å². The molecule has 1 aromatic rings. The zero-order chi connectivity index (χ0) is 11.3. The van der Waals surface area contributed by atoms with Crippen LogP contribution in [-0.2, 0) is 4.79 Å². The highest BCUT2D eigenvalue weighted by molar-refractivity contribution is 7.10. The van der Waals surface area contributed by atoms with E-state index in [0.717, 1.165) is 11.3 Å². The third-order valence-electron chi connectivity index (χ3n) is 2.04. The summed E-state index contributed by atoms with van der Waals surface area (Å²) in [5.41, 5.74) is 5.80. The molecular formula is C11H16N2OS. The van der Waals surface area contributed by atoms with Crippen LogP contribution >= 0.6 is 11.3 Å². The molecule has 0 fully saturated rings. The lowest BCUT2D eigenvalue weighted by atomic mass is 10.2.